The highest BCUT2D eigenvalue weighted by atomic mass is 32.2. The third-order valence-corrected chi connectivity index (χ3v) is 4.98. The maximum Gasteiger partial charge on any atom is 0.246 e. The molecule has 1 aromatic heterocycles. The highest BCUT2D eigenvalue weighted by molar-refractivity contribution is 7.89. The zero-order valence-electron chi connectivity index (χ0n) is 9.65. The summed E-state index contributed by atoms with van der Waals surface area (Å²) in [5, 5.41) is 18.1. The van der Waals surface area contributed by atoms with Gasteiger partial charge >= 0.3 is 0 Å². The van der Waals surface area contributed by atoms with Crippen molar-refractivity contribution in [3.8, 4) is 6.07 Å². The molecule has 1 N–H and O–H groups in total. The summed E-state index contributed by atoms with van der Waals surface area (Å²) in [6, 6.07) is 4.23. The molecule has 0 saturated carbocycles. The van der Waals surface area contributed by atoms with Crippen LogP contribution < -0.4 is 0 Å². The third kappa shape index (κ3) is 2.10. The van der Waals surface area contributed by atoms with Crippen LogP contribution in [0.25, 0.3) is 0 Å². The van der Waals surface area contributed by atoms with E-state index in [0.29, 0.717) is 19.4 Å². The zero-order valence-corrected chi connectivity index (χ0v) is 10.5. The number of hydrogen-bond acceptors (Lipinski definition) is 5. The second kappa shape index (κ2) is 5.02. The molecule has 1 aliphatic rings. The minimum absolute atomic E-state index is 0.0900. The molecule has 1 fully saturated rings. The normalized spacial score (nSPS) is 20.8. The van der Waals surface area contributed by atoms with Crippen LogP contribution in [0.3, 0.4) is 0 Å². The van der Waals surface area contributed by atoms with Crippen LogP contribution in [0.1, 0.15) is 18.5 Å². The number of pyridine rings is 1. The Balaban J connectivity index is 2.46. The van der Waals surface area contributed by atoms with Gasteiger partial charge in [-0.25, -0.2) is 13.4 Å². The summed E-state index contributed by atoms with van der Waals surface area (Å²) in [6.07, 6.45) is 2.73. The number of nitrogens with zero attached hydrogens (tertiary/aromatic N) is 3. The molecular formula is C11H13N3O3S. The van der Waals surface area contributed by atoms with Crippen LogP contribution in [0, 0.1) is 11.3 Å². The minimum Gasteiger partial charge on any atom is -0.395 e. The van der Waals surface area contributed by atoms with E-state index in [1.54, 1.807) is 6.07 Å². The van der Waals surface area contributed by atoms with Crippen molar-refractivity contribution in [2.75, 3.05) is 13.2 Å². The SMILES string of the molecule is N#Cc1ncccc1S(=O)(=O)N1CCC[C@@H]1CO. The van der Waals surface area contributed by atoms with Gasteiger partial charge in [-0.3, -0.25) is 0 Å². The summed E-state index contributed by atoms with van der Waals surface area (Å²) in [6.45, 7) is 0.161. The maximum atomic E-state index is 12.4. The first-order chi connectivity index (χ1) is 8.61. The van der Waals surface area contributed by atoms with Gasteiger partial charge in [0.15, 0.2) is 5.69 Å². The Bertz CT molecular complexity index is 579. The van der Waals surface area contributed by atoms with Crippen LogP contribution >= 0.6 is 0 Å². The number of nitriles is 1. The van der Waals surface area contributed by atoms with Crippen molar-refractivity contribution in [3.05, 3.63) is 24.0 Å². The standard InChI is InChI=1S/C11H13N3O3S/c12-7-10-11(4-1-5-13-10)18(16,17)14-6-2-3-9(14)8-15/h1,4-5,9,15H,2-3,6,8H2/t9-/m1/s1. The Kier molecular flexibility index (Phi) is 3.61. The topological polar surface area (TPSA) is 94.3 Å². The maximum absolute atomic E-state index is 12.4. The van der Waals surface area contributed by atoms with Crippen LogP contribution in [0.2, 0.25) is 0 Å². The number of rotatable bonds is 3. The van der Waals surface area contributed by atoms with E-state index in [1.807, 2.05) is 0 Å². The Morgan fingerprint density at radius 3 is 3.06 bits per heavy atom. The van der Waals surface area contributed by atoms with E-state index < -0.39 is 16.1 Å². The predicted molar refractivity (Wildman–Crippen MR) is 63.0 cm³/mol. The van der Waals surface area contributed by atoms with E-state index in [4.69, 9.17) is 5.26 Å². The molecule has 0 radical (unpaired) electrons. The van der Waals surface area contributed by atoms with Gasteiger partial charge < -0.3 is 5.11 Å². The Morgan fingerprint density at radius 1 is 1.61 bits per heavy atom. The molecule has 1 saturated heterocycles. The lowest BCUT2D eigenvalue weighted by atomic mass is 10.2. The Labute approximate surface area is 106 Å². The van der Waals surface area contributed by atoms with Crippen LogP contribution in [0.5, 0.6) is 0 Å². The highest BCUT2D eigenvalue weighted by Crippen LogP contribution is 2.26. The average Bonchev–Trinajstić information content (AvgIpc) is 2.87. The van der Waals surface area contributed by atoms with Crippen molar-refractivity contribution in [2.45, 2.75) is 23.8 Å². The summed E-state index contributed by atoms with van der Waals surface area (Å²) in [7, 11) is -3.75. The van der Waals surface area contributed by atoms with Gasteiger partial charge in [0, 0.05) is 18.8 Å². The number of aliphatic hydroxyl groups is 1. The van der Waals surface area contributed by atoms with E-state index in [0.717, 1.165) is 0 Å². The van der Waals surface area contributed by atoms with Gasteiger partial charge in [-0.1, -0.05) is 0 Å². The lowest BCUT2D eigenvalue weighted by molar-refractivity contribution is 0.213. The molecule has 2 rings (SSSR count). The fourth-order valence-corrected chi connectivity index (χ4v) is 3.90. The molecule has 1 aliphatic heterocycles. The molecule has 0 amide bonds. The first-order valence-electron chi connectivity index (χ1n) is 5.59. The lowest BCUT2D eigenvalue weighted by Gasteiger charge is -2.22. The van der Waals surface area contributed by atoms with Gasteiger partial charge in [0.25, 0.3) is 0 Å². The molecule has 2 heterocycles. The van der Waals surface area contributed by atoms with Gasteiger partial charge in [-0.05, 0) is 25.0 Å². The average molecular weight is 267 g/mol. The Hall–Kier alpha value is -1.49. The van der Waals surface area contributed by atoms with E-state index >= 15 is 0 Å². The van der Waals surface area contributed by atoms with Gasteiger partial charge in [0.05, 0.1) is 6.61 Å². The summed E-state index contributed by atoms with van der Waals surface area (Å²) < 4.78 is 26.1. The first-order valence-corrected chi connectivity index (χ1v) is 7.03. The molecule has 0 aromatic carbocycles. The largest absolute Gasteiger partial charge is 0.395 e. The molecule has 18 heavy (non-hydrogen) atoms. The number of aliphatic hydroxyl groups excluding tert-OH is 1. The monoisotopic (exact) mass is 267 g/mol. The molecule has 0 bridgehead atoms. The zero-order chi connectivity index (χ0) is 13.2. The van der Waals surface area contributed by atoms with Crippen molar-refractivity contribution in [2.24, 2.45) is 0 Å². The molecule has 0 unspecified atom stereocenters. The van der Waals surface area contributed by atoms with E-state index in [9.17, 15) is 13.5 Å². The Morgan fingerprint density at radius 2 is 2.39 bits per heavy atom. The van der Waals surface area contributed by atoms with E-state index in [1.165, 1.54) is 22.6 Å². The van der Waals surface area contributed by atoms with Crippen molar-refractivity contribution < 1.29 is 13.5 Å². The summed E-state index contributed by atoms with van der Waals surface area (Å²) >= 11 is 0. The van der Waals surface area contributed by atoms with Gasteiger partial charge in [-0.15, -0.1) is 0 Å². The van der Waals surface area contributed by atoms with E-state index in [-0.39, 0.29) is 17.2 Å². The number of sulfonamides is 1. The van der Waals surface area contributed by atoms with Crippen LogP contribution in [-0.4, -0.2) is 42.0 Å². The van der Waals surface area contributed by atoms with Crippen LogP contribution in [-0.2, 0) is 10.0 Å². The van der Waals surface area contributed by atoms with Crippen LogP contribution in [0.4, 0.5) is 0 Å². The quantitative estimate of drug-likeness (QED) is 0.838. The molecule has 1 aromatic rings. The van der Waals surface area contributed by atoms with E-state index in [2.05, 4.69) is 4.98 Å². The molecule has 0 aliphatic carbocycles. The summed E-state index contributed by atoms with van der Waals surface area (Å²) in [5.74, 6) is 0. The van der Waals surface area contributed by atoms with Crippen molar-refractivity contribution in [1.29, 1.82) is 5.26 Å². The fraction of sp³-hybridized carbons (Fsp3) is 0.455. The molecular weight excluding hydrogens is 254 g/mol. The number of aromatic nitrogens is 1. The molecule has 0 spiro atoms. The molecule has 96 valence electrons. The highest BCUT2D eigenvalue weighted by Gasteiger charge is 2.36. The van der Waals surface area contributed by atoms with Gasteiger partial charge in [0.2, 0.25) is 10.0 Å². The second-order valence-corrected chi connectivity index (χ2v) is 5.92. The smallest absolute Gasteiger partial charge is 0.246 e. The van der Waals surface area contributed by atoms with Gasteiger partial charge in [-0.2, -0.15) is 9.57 Å². The number of hydrogen-bond donors (Lipinski definition) is 1. The lowest BCUT2D eigenvalue weighted by Crippen LogP contribution is -2.38. The van der Waals surface area contributed by atoms with Crippen molar-refractivity contribution in [3.63, 3.8) is 0 Å². The first kappa shape index (κ1) is 13.0. The third-order valence-electron chi connectivity index (χ3n) is 3.00. The van der Waals surface area contributed by atoms with Crippen molar-refractivity contribution >= 4 is 10.0 Å². The van der Waals surface area contributed by atoms with Crippen LogP contribution in [0.15, 0.2) is 23.2 Å². The summed E-state index contributed by atoms with van der Waals surface area (Å²) in [5.41, 5.74) is -0.110. The minimum atomic E-state index is -3.75. The van der Waals surface area contributed by atoms with Crippen molar-refractivity contribution in [1.82, 2.24) is 9.29 Å². The molecule has 7 heteroatoms. The molecule has 1 atom stereocenters. The fourth-order valence-electron chi connectivity index (χ4n) is 2.12. The summed E-state index contributed by atoms with van der Waals surface area (Å²) in [4.78, 5) is 3.67. The molecule has 6 nitrogen and oxygen atoms in total. The second-order valence-electron chi connectivity index (χ2n) is 4.06. The predicted octanol–water partition coefficient (Wildman–Crippen LogP) is 0.0987. The van der Waals surface area contributed by atoms with Gasteiger partial charge in [0.1, 0.15) is 11.0 Å².